The van der Waals surface area contributed by atoms with E-state index in [0.717, 1.165) is 38.5 Å². The van der Waals surface area contributed by atoms with Crippen molar-refractivity contribution in [3.05, 3.63) is 0 Å². The fourth-order valence-corrected chi connectivity index (χ4v) is 9.14. The Morgan fingerprint density at radius 3 is 0.984 bits per heavy atom. The first-order chi connectivity index (χ1) is 30.5. The number of unbranched alkanes of at least 4 members (excludes halogenated alkanes) is 40. The lowest BCUT2D eigenvalue weighted by atomic mass is 10.0. The van der Waals surface area contributed by atoms with Crippen molar-refractivity contribution in [3.63, 3.8) is 0 Å². The number of hydrogen-bond acceptors (Lipinski definition) is 5. The van der Waals surface area contributed by atoms with Crippen molar-refractivity contribution in [2.75, 3.05) is 6.61 Å². The van der Waals surface area contributed by atoms with Gasteiger partial charge >= 0.3 is 5.97 Å². The minimum absolute atomic E-state index is 0.0881. The summed E-state index contributed by atoms with van der Waals surface area (Å²) in [5.74, 6) is -0.447. The predicted molar refractivity (Wildman–Crippen MR) is 269 cm³/mol. The number of amides is 1. The highest BCUT2D eigenvalue weighted by Crippen LogP contribution is 2.19. The van der Waals surface area contributed by atoms with Gasteiger partial charge in [-0.1, -0.05) is 284 Å². The molecule has 0 bridgehead atoms. The number of rotatable bonds is 52. The monoisotopic (exact) mass is 878 g/mol. The molecule has 6 heteroatoms. The lowest BCUT2D eigenvalue weighted by Gasteiger charge is -2.24. The van der Waals surface area contributed by atoms with Gasteiger partial charge in [0.2, 0.25) is 5.91 Å². The highest BCUT2D eigenvalue weighted by atomic mass is 16.5. The average Bonchev–Trinajstić information content (AvgIpc) is 3.26. The van der Waals surface area contributed by atoms with Crippen molar-refractivity contribution in [3.8, 4) is 0 Å². The number of aliphatic hydroxyl groups is 2. The lowest BCUT2D eigenvalue weighted by molar-refractivity contribution is -0.151. The average molecular weight is 879 g/mol. The number of carbonyl (C=O) groups excluding carboxylic acids is 2. The first kappa shape index (κ1) is 60.9. The largest absolute Gasteiger partial charge is 0.462 e. The molecule has 0 aliphatic heterocycles. The quantitative estimate of drug-likeness (QED) is 0.0418. The Kier molecular flexibility index (Phi) is 49.9. The summed E-state index contributed by atoms with van der Waals surface area (Å²) in [5.41, 5.74) is 0. The molecule has 3 atom stereocenters. The van der Waals surface area contributed by atoms with Crippen LogP contribution in [0.25, 0.3) is 0 Å². The van der Waals surface area contributed by atoms with Gasteiger partial charge in [-0.2, -0.15) is 0 Å². The molecule has 0 fully saturated rings. The zero-order valence-electron chi connectivity index (χ0n) is 42.3. The Morgan fingerprint density at radius 1 is 0.403 bits per heavy atom. The molecule has 62 heavy (non-hydrogen) atoms. The van der Waals surface area contributed by atoms with Gasteiger partial charge in [0.25, 0.3) is 0 Å². The van der Waals surface area contributed by atoms with E-state index in [0.29, 0.717) is 19.3 Å². The van der Waals surface area contributed by atoms with Gasteiger partial charge < -0.3 is 20.3 Å². The third-order valence-electron chi connectivity index (χ3n) is 13.4. The van der Waals surface area contributed by atoms with E-state index in [4.69, 9.17) is 4.74 Å². The first-order valence-corrected chi connectivity index (χ1v) is 28.3. The molecule has 0 aliphatic carbocycles. The SMILES string of the molecule is CCCCCCCCCCCCCCCCCCCCCC(=O)OC(CCCCCCCCCCCCCCCCC)CC(=O)NC(CO)C(O)CCCCCCCCCCC. The van der Waals surface area contributed by atoms with Gasteiger partial charge in [-0.05, 0) is 25.7 Å². The molecule has 0 rings (SSSR count). The van der Waals surface area contributed by atoms with Crippen molar-refractivity contribution in [1.29, 1.82) is 0 Å². The van der Waals surface area contributed by atoms with Crippen LogP contribution < -0.4 is 5.32 Å². The van der Waals surface area contributed by atoms with Gasteiger partial charge in [-0.15, -0.1) is 0 Å². The molecular weight excluding hydrogens is 767 g/mol. The van der Waals surface area contributed by atoms with Crippen LogP contribution in [0.3, 0.4) is 0 Å². The van der Waals surface area contributed by atoms with Crippen molar-refractivity contribution in [2.24, 2.45) is 0 Å². The zero-order valence-corrected chi connectivity index (χ0v) is 42.3. The Morgan fingerprint density at radius 2 is 0.677 bits per heavy atom. The molecule has 0 saturated carbocycles. The van der Waals surface area contributed by atoms with Gasteiger partial charge in [0, 0.05) is 6.42 Å². The third kappa shape index (κ3) is 45.4. The summed E-state index contributed by atoms with van der Waals surface area (Å²) in [5, 5.41) is 23.7. The lowest BCUT2D eigenvalue weighted by Crippen LogP contribution is -2.46. The summed E-state index contributed by atoms with van der Waals surface area (Å²) in [4.78, 5) is 26.2. The molecule has 370 valence electrons. The normalized spacial score (nSPS) is 13.0. The van der Waals surface area contributed by atoms with Crippen LogP contribution >= 0.6 is 0 Å². The minimum Gasteiger partial charge on any atom is -0.462 e. The van der Waals surface area contributed by atoms with E-state index in [1.807, 2.05) is 0 Å². The Labute approximate surface area is 387 Å². The fourth-order valence-electron chi connectivity index (χ4n) is 9.14. The molecule has 6 nitrogen and oxygen atoms in total. The van der Waals surface area contributed by atoms with Crippen LogP contribution in [-0.4, -0.2) is 46.9 Å². The Bertz CT molecular complexity index is 898. The van der Waals surface area contributed by atoms with Gasteiger partial charge in [-0.25, -0.2) is 0 Å². The number of aliphatic hydroxyl groups excluding tert-OH is 2. The molecule has 0 aromatic carbocycles. The smallest absolute Gasteiger partial charge is 0.306 e. The van der Waals surface area contributed by atoms with Crippen LogP contribution in [-0.2, 0) is 14.3 Å². The first-order valence-electron chi connectivity index (χ1n) is 28.3. The summed E-state index contributed by atoms with van der Waals surface area (Å²) in [6.45, 7) is 6.51. The molecule has 0 radical (unpaired) electrons. The number of carbonyl (C=O) groups is 2. The standard InChI is InChI=1S/C56H111NO5/c1-4-7-10-13-16-19-21-23-25-26-27-28-30-32-34-37-40-43-46-49-56(61)62-52(47-44-41-38-36-33-31-29-24-22-20-17-14-11-8-5-2)50-55(60)57-53(51-58)54(59)48-45-42-39-35-18-15-12-9-6-3/h52-54,58-59H,4-51H2,1-3H3,(H,57,60). The van der Waals surface area contributed by atoms with Crippen LogP contribution in [0.2, 0.25) is 0 Å². The van der Waals surface area contributed by atoms with Crippen LogP contribution in [0.4, 0.5) is 0 Å². The molecule has 0 aromatic heterocycles. The van der Waals surface area contributed by atoms with Crippen LogP contribution in [0.1, 0.15) is 323 Å². The van der Waals surface area contributed by atoms with Crippen molar-refractivity contribution < 1.29 is 24.5 Å². The fraction of sp³-hybridized carbons (Fsp3) is 0.964. The summed E-state index contributed by atoms with van der Waals surface area (Å²) in [6, 6.07) is -0.691. The maximum atomic E-state index is 13.2. The maximum absolute atomic E-state index is 13.2. The summed E-state index contributed by atoms with van der Waals surface area (Å²) in [6.07, 6.45) is 56.1. The molecular formula is C56H111NO5. The van der Waals surface area contributed by atoms with Gasteiger partial charge in [-0.3, -0.25) is 9.59 Å². The molecule has 0 aromatic rings. The summed E-state index contributed by atoms with van der Waals surface area (Å²) < 4.78 is 5.96. The Hall–Kier alpha value is -1.14. The van der Waals surface area contributed by atoms with Crippen LogP contribution in [0, 0.1) is 0 Å². The van der Waals surface area contributed by atoms with Crippen LogP contribution in [0.15, 0.2) is 0 Å². The molecule has 0 spiro atoms. The van der Waals surface area contributed by atoms with Crippen LogP contribution in [0.5, 0.6) is 0 Å². The molecule has 3 unspecified atom stereocenters. The minimum atomic E-state index is -0.778. The second-order valence-corrected chi connectivity index (χ2v) is 19.7. The molecule has 0 aliphatic rings. The third-order valence-corrected chi connectivity index (χ3v) is 13.4. The van der Waals surface area contributed by atoms with E-state index in [9.17, 15) is 19.8 Å². The maximum Gasteiger partial charge on any atom is 0.306 e. The van der Waals surface area contributed by atoms with Crippen molar-refractivity contribution in [1.82, 2.24) is 5.32 Å². The summed E-state index contributed by atoms with van der Waals surface area (Å²) >= 11 is 0. The summed E-state index contributed by atoms with van der Waals surface area (Å²) in [7, 11) is 0. The van der Waals surface area contributed by atoms with Crippen molar-refractivity contribution >= 4 is 11.9 Å². The van der Waals surface area contributed by atoms with E-state index in [2.05, 4.69) is 26.1 Å². The molecule has 0 saturated heterocycles. The molecule has 1 amide bonds. The van der Waals surface area contributed by atoms with E-state index in [1.54, 1.807) is 0 Å². The van der Waals surface area contributed by atoms with Crippen molar-refractivity contribution in [2.45, 2.75) is 341 Å². The second kappa shape index (κ2) is 50.9. The van der Waals surface area contributed by atoms with E-state index in [-0.39, 0.29) is 24.9 Å². The van der Waals surface area contributed by atoms with E-state index >= 15 is 0 Å². The number of nitrogens with one attached hydrogen (secondary N) is 1. The topological polar surface area (TPSA) is 95.9 Å². The van der Waals surface area contributed by atoms with E-state index < -0.39 is 18.2 Å². The van der Waals surface area contributed by atoms with Gasteiger partial charge in [0.15, 0.2) is 0 Å². The molecule has 3 N–H and O–H groups in total. The van der Waals surface area contributed by atoms with Gasteiger partial charge in [0.05, 0.1) is 25.2 Å². The molecule has 0 heterocycles. The zero-order chi connectivity index (χ0) is 45.2. The second-order valence-electron chi connectivity index (χ2n) is 19.7. The Balaban J connectivity index is 4.43. The predicted octanol–water partition coefficient (Wildman–Crippen LogP) is 17.1. The number of ether oxygens (including phenoxy) is 1. The number of esters is 1. The number of hydrogen-bond donors (Lipinski definition) is 3. The van der Waals surface area contributed by atoms with Gasteiger partial charge in [0.1, 0.15) is 6.10 Å². The highest BCUT2D eigenvalue weighted by molar-refractivity contribution is 5.77. The van der Waals surface area contributed by atoms with E-state index in [1.165, 1.54) is 238 Å². The highest BCUT2D eigenvalue weighted by Gasteiger charge is 2.24.